The first kappa shape index (κ1) is 15.9. The number of amides is 1. The first-order valence-electron chi connectivity index (χ1n) is 7.97. The standard InChI is InChI=1S/C19H14FN5O/c20-15-6-1-2-7-16(15)24-19(26)13-9-17-18(22-10-13)25(12-23-17)11-14-5-3-4-8-21-14/h1-10,12H,11H2,(H,24,26). The maximum Gasteiger partial charge on any atom is 0.257 e. The number of para-hydroxylation sites is 1. The van der Waals surface area contributed by atoms with E-state index >= 15 is 0 Å². The Bertz CT molecular complexity index is 1080. The van der Waals surface area contributed by atoms with Crippen molar-refractivity contribution in [2.75, 3.05) is 5.32 Å². The lowest BCUT2D eigenvalue weighted by molar-refractivity contribution is 0.102. The smallest absolute Gasteiger partial charge is 0.257 e. The third-order valence-corrected chi connectivity index (χ3v) is 3.90. The Kier molecular flexibility index (Phi) is 4.10. The average molecular weight is 347 g/mol. The number of halogens is 1. The molecule has 6 nitrogen and oxygen atoms in total. The molecule has 0 bridgehead atoms. The predicted octanol–water partition coefficient (Wildman–Crippen LogP) is 3.27. The fraction of sp³-hybridized carbons (Fsp3) is 0.0526. The van der Waals surface area contributed by atoms with Gasteiger partial charge in [-0.15, -0.1) is 0 Å². The van der Waals surface area contributed by atoms with Crippen LogP contribution in [0.5, 0.6) is 0 Å². The van der Waals surface area contributed by atoms with Gasteiger partial charge in [0.05, 0.1) is 29.8 Å². The minimum absolute atomic E-state index is 0.123. The number of anilines is 1. The summed E-state index contributed by atoms with van der Waals surface area (Å²) < 4.78 is 15.5. The van der Waals surface area contributed by atoms with E-state index in [2.05, 4.69) is 20.3 Å². The number of rotatable bonds is 4. The molecule has 3 heterocycles. The third kappa shape index (κ3) is 3.14. The van der Waals surface area contributed by atoms with Gasteiger partial charge in [0.2, 0.25) is 0 Å². The molecular weight excluding hydrogens is 333 g/mol. The number of fused-ring (bicyclic) bond motifs is 1. The average Bonchev–Trinajstić information content (AvgIpc) is 3.06. The summed E-state index contributed by atoms with van der Waals surface area (Å²) in [5, 5.41) is 2.54. The number of carbonyl (C=O) groups is 1. The molecule has 7 heteroatoms. The minimum Gasteiger partial charge on any atom is -0.319 e. The molecule has 0 atom stereocenters. The lowest BCUT2D eigenvalue weighted by Crippen LogP contribution is -2.13. The van der Waals surface area contributed by atoms with Crippen LogP contribution in [0.15, 0.2) is 67.3 Å². The lowest BCUT2D eigenvalue weighted by atomic mass is 10.2. The highest BCUT2D eigenvalue weighted by molar-refractivity contribution is 6.05. The van der Waals surface area contributed by atoms with E-state index in [0.717, 1.165) is 5.69 Å². The lowest BCUT2D eigenvalue weighted by Gasteiger charge is -2.06. The van der Waals surface area contributed by atoms with Gasteiger partial charge in [0, 0.05) is 12.4 Å². The molecule has 0 saturated heterocycles. The monoisotopic (exact) mass is 347 g/mol. The predicted molar refractivity (Wildman–Crippen MR) is 95.2 cm³/mol. The molecular formula is C19H14FN5O. The van der Waals surface area contributed by atoms with Crippen LogP contribution in [0.2, 0.25) is 0 Å². The fourth-order valence-corrected chi connectivity index (χ4v) is 2.61. The highest BCUT2D eigenvalue weighted by Gasteiger charge is 2.12. The quantitative estimate of drug-likeness (QED) is 0.615. The summed E-state index contributed by atoms with van der Waals surface area (Å²) >= 11 is 0. The molecule has 0 fully saturated rings. The molecule has 4 rings (SSSR count). The fourth-order valence-electron chi connectivity index (χ4n) is 2.61. The first-order valence-corrected chi connectivity index (χ1v) is 7.97. The maximum absolute atomic E-state index is 13.7. The highest BCUT2D eigenvalue weighted by Crippen LogP contribution is 2.17. The van der Waals surface area contributed by atoms with Gasteiger partial charge in [0.25, 0.3) is 5.91 Å². The van der Waals surface area contributed by atoms with E-state index in [4.69, 9.17) is 0 Å². The number of carbonyl (C=O) groups excluding carboxylic acids is 1. The Morgan fingerprint density at radius 2 is 1.92 bits per heavy atom. The second kappa shape index (κ2) is 6.72. The molecule has 26 heavy (non-hydrogen) atoms. The molecule has 0 aliphatic carbocycles. The van der Waals surface area contributed by atoms with Crippen molar-refractivity contribution in [1.82, 2.24) is 19.5 Å². The SMILES string of the molecule is O=C(Nc1ccccc1F)c1cnc2c(c1)ncn2Cc1ccccn1. The Balaban J connectivity index is 1.58. The molecule has 0 radical (unpaired) electrons. The van der Waals surface area contributed by atoms with E-state index < -0.39 is 11.7 Å². The maximum atomic E-state index is 13.7. The van der Waals surface area contributed by atoms with Gasteiger partial charge in [-0.05, 0) is 30.3 Å². The van der Waals surface area contributed by atoms with E-state index in [-0.39, 0.29) is 5.69 Å². The second-order valence-electron chi connectivity index (χ2n) is 5.69. The van der Waals surface area contributed by atoms with Crippen molar-refractivity contribution >= 4 is 22.8 Å². The summed E-state index contributed by atoms with van der Waals surface area (Å²) in [6, 6.07) is 13.3. The van der Waals surface area contributed by atoms with E-state index in [1.54, 1.807) is 30.7 Å². The molecule has 0 aliphatic heterocycles. The summed E-state index contributed by atoms with van der Waals surface area (Å²) in [4.78, 5) is 25.3. The first-order chi connectivity index (χ1) is 12.7. The van der Waals surface area contributed by atoms with Gasteiger partial charge < -0.3 is 9.88 Å². The van der Waals surface area contributed by atoms with Gasteiger partial charge in [0.1, 0.15) is 11.3 Å². The number of pyridine rings is 2. The zero-order valence-electron chi connectivity index (χ0n) is 13.6. The second-order valence-corrected chi connectivity index (χ2v) is 5.69. The number of aromatic nitrogens is 4. The van der Waals surface area contributed by atoms with Crippen LogP contribution in [0.3, 0.4) is 0 Å². The van der Waals surface area contributed by atoms with Crippen molar-refractivity contribution in [3.8, 4) is 0 Å². The van der Waals surface area contributed by atoms with Crippen molar-refractivity contribution in [3.05, 3.63) is 84.3 Å². The van der Waals surface area contributed by atoms with Crippen molar-refractivity contribution in [2.24, 2.45) is 0 Å². The summed E-state index contributed by atoms with van der Waals surface area (Å²) in [7, 11) is 0. The molecule has 0 aliphatic rings. The van der Waals surface area contributed by atoms with Crippen LogP contribution >= 0.6 is 0 Å². The van der Waals surface area contributed by atoms with Crippen LogP contribution in [0.25, 0.3) is 11.2 Å². The Morgan fingerprint density at radius 1 is 1.08 bits per heavy atom. The van der Waals surface area contributed by atoms with Crippen molar-refractivity contribution in [2.45, 2.75) is 6.54 Å². The van der Waals surface area contributed by atoms with E-state index in [9.17, 15) is 9.18 Å². The van der Waals surface area contributed by atoms with Gasteiger partial charge in [-0.2, -0.15) is 0 Å². The molecule has 0 saturated carbocycles. The number of benzene rings is 1. The third-order valence-electron chi connectivity index (χ3n) is 3.90. The van der Waals surface area contributed by atoms with Crippen LogP contribution in [-0.4, -0.2) is 25.4 Å². The highest BCUT2D eigenvalue weighted by atomic mass is 19.1. The molecule has 4 aromatic rings. The number of hydrogen-bond acceptors (Lipinski definition) is 4. The van der Waals surface area contributed by atoms with Crippen LogP contribution in [0, 0.1) is 5.82 Å². The molecule has 0 unspecified atom stereocenters. The summed E-state index contributed by atoms with van der Waals surface area (Å²) in [6.45, 7) is 0.533. The van der Waals surface area contributed by atoms with Crippen LogP contribution in [0.4, 0.5) is 10.1 Å². The molecule has 3 aromatic heterocycles. The van der Waals surface area contributed by atoms with Gasteiger partial charge in [-0.25, -0.2) is 14.4 Å². The molecule has 1 N–H and O–H groups in total. The van der Waals surface area contributed by atoms with Gasteiger partial charge in [-0.1, -0.05) is 18.2 Å². The zero-order chi connectivity index (χ0) is 17.9. The van der Waals surface area contributed by atoms with Gasteiger partial charge >= 0.3 is 0 Å². The topological polar surface area (TPSA) is 72.7 Å². The zero-order valence-corrected chi connectivity index (χ0v) is 13.6. The van der Waals surface area contributed by atoms with Gasteiger partial charge in [-0.3, -0.25) is 9.78 Å². The van der Waals surface area contributed by atoms with E-state index in [1.807, 2.05) is 22.8 Å². The van der Waals surface area contributed by atoms with Crippen LogP contribution in [-0.2, 0) is 6.54 Å². The Hall–Kier alpha value is -3.61. The van der Waals surface area contributed by atoms with Crippen LogP contribution in [0.1, 0.15) is 16.1 Å². The number of hydrogen-bond donors (Lipinski definition) is 1. The van der Waals surface area contributed by atoms with Crippen LogP contribution < -0.4 is 5.32 Å². The molecule has 128 valence electrons. The number of imidazole rings is 1. The number of nitrogens with one attached hydrogen (secondary N) is 1. The molecule has 1 amide bonds. The Morgan fingerprint density at radius 3 is 2.73 bits per heavy atom. The Labute approximate surface area is 148 Å². The number of nitrogens with zero attached hydrogens (tertiary/aromatic N) is 4. The molecule has 1 aromatic carbocycles. The van der Waals surface area contributed by atoms with Crippen molar-refractivity contribution < 1.29 is 9.18 Å². The van der Waals surface area contributed by atoms with E-state index in [0.29, 0.717) is 23.3 Å². The summed E-state index contributed by atoms with van der Waals surface area (Å²) in [6.07, 6.45) is 4.84. The van der Waals surface area contributed by atoms with Crippen molar-refractivity contribution in [3.63, 3.8) is 0 Å². The largest absolute Gasteiger partial charge is 0.319 e. The van der Waals surface area contributed by atoms with Crippen molar-refractivity contribution in [1.29, 1.82) is 0 Å². The van der Waals surface area contributed by atoms with Gasteiger partial charge in [0.15, 0.2) is 5.65 Å². The minimum atomic E-state index is -0.491. The normalized spacial score (nSPS) is 10.8. The molecule has 0 spiro atoms. The summed E-state index contributed by atoms with van der Waals surface area (Å²) in [5.41, 5.74) is 2.55. The summed E-state index contributed by atoms with van der Waals surface area (Å²) in [5.74, 6) is -0.932. The van der Waals surface area contributed by atoms with E-state index in [1.165, 1.54) is 18.3 Å².